The minimum absolute atomic E-state index is 0.0943. The van der Waals surface area contributed by atoms with Gasteiger partial charge < -0.3 is 10.6 Å². The number of hydrogen-bond donors (Lipinski definition) is 3. The van der Waals surface area contributed by atoms with Crippen LogP contribution < -0.4 is 10.6 Å². The Kier molecular flexibility index (Phi) is 5.42. The molecule has 2 saturated carbocycles. The van der Waals surface area contributed by atoms with E-state index in [0.29, 0.717) is 28.4 Å². The van der Waals surface area contributed by atoms with Gasteiger partial charge in [0.05, 0.1) is 5.75 Å². The second-order valence-corrected chi connectivity index (χ2v) is 8.09. The van der Waals surface area contributed by atoms with E-state index < -0.39 is 0 Å². The topological polar surface area (TPSA) is 99.8 Å². The largest absolute Gasteiger partial charge is 0.349 e. The molecule has 142 valence electrons. The van der Waals surface area contributed by atoms with Gasteiger partial charge in [0.25, 0.3) is 5.91 Å². The van der Waals surface area contributed by atoms with Gasteiger partial charge in [-0.3, -0.25) is 14.7 Å². The Morgan fingerprint density at radius 1 is 1.19 bits per heavy atom. The molecule has 3 N–H and O–H groups in total. The number of rotatable bonds is 7. The van der Waals surface area contributed by atoms with Crippen molar-refractivity contribution in [2.75, 3.05) is 11.1 Å². The third-order valence-corrected chi connectivity index (χ3v) is 5.72. The third kappa shape index (κ3) is 4.88. The number of aromatic nitrogens is 3. The molecule has 27 heavy (non-hydrogen) atoms. The molecule has 0 spiro atoms. The lowest BCUT2D eigenvalue weighted by atomic mass is 10.1. The van der Waals surface area contributed by atoms with Crippen molar-refractivity contribution in [2.24, 2.45) is 0 Å². The number of carbonyl (C=O) groups excluding carboxylic acids is 2. The summed E-state index contributed by atoms with van der Waals surface area (Å²) in [6.45, 7) is 0. The Morgan fingerprint density at radius 2 is 2.00 bits per heavy atom. The highest BCUT2D eigenvalue weighted by Crippen LogP contribution is 2.32. The first-order valence-electron chi connectivity index (χ1n) is 9.43. The number of aromatic amines is 1. The lowest BCUT2D eigenvalue weighted by molar-refractivity contribution is -0.113. The Hall–Kier alpha value is -2.35. The zero-order valence-electron chi connectivity index (χ0n) is 15.0. The summed E-state index contributed by atoms with van der Waals surface area (Å²) in [4.78, 5) is 28.8. The highest BCUT2D eigenvalue weighted by molar-refractivity contribution is 7.99. The second kappa shape index (κ2) is 8.12. The number of nitrogens with zero attached hydrogens (tertiary/aromatic N) is 2. The van der Waals surface area contributed by atoms with Crippen molar-refractivity contribution >= 4 is 29.3 Å². The average Bonchev–Trinajstić information content (AvgIpc) is 3.13. The van der Waals surface area contributed by atoms with Crippen molar-refractivity contribution in [3.05, 3.63) is 35.7 Å². The summed E-state index contributed by atoms with van der Waals surface area (Å²) in [5, 5.41) is 13.6. The molecule has 0 saturated heterocycles. The molecule has 4 rings (SSSR count). The van der Waals surface area contributed by atoms with E-state index in [9.17, 15) is 9.59 Å². The molecule has 0 aliphatic heterocycles. The predicted octanol–water partition coefficient (Wildman–Crippen LogP) is 3.09. The number of anilines is 1. The molecule has 2 aromatic rings. The average molecular weight is 385 g/mol. The van der Waals surface area contributed by atoms with Crippen LogP contribution in [-0.4, -0.2) is 38.8 Å². The monoisotopic (exact) mass is 385 g/mol. The molecule has 8 heteroatoms. The summed E-state index contributed by atoms with van der Waals surface area (Å²) < 4.78 is 0. The number of thioether (sulfide) groups is 1. The van der Waals surface area contributed by atoms with Crippen LogP contribution in [0.5, 0.6) is 0 Å². The molecule has 7 nitrogen and oxygen atoms in total. The fraction of sp³-hybridized carbons (Fsp3) is 0.474. The maximum atomic E-state index is 12.2. The molecule has 2 fully saturated rings. The summed E-state index contributed by atoms with van der Waals surface area (Å²) >= 11 is 1.31. The van der Waals surface area contributed by atoms with E-state index in [2.05, 4.69) is 25.8 Å². The Balaban J connectivity index is 1.28. The lowest BCUT2D eigenvalue weighted by Gasteiger charge is -2.07. The van der Waals surface area contributed by atoms with Gasteiger partial charge in [-0.1, -0.05) is 30.7 Å². The fourth-order valence-electron chi connectivity index (χ4n) is 3.27. The standard InChI is InChI=1S/C19H23N5O2S/c25-16(11-27-19-22-17(23-24-19)12-4-1-2-5-12)20-15-7-3-6-13(10-15)18(26)21-14-8-9-14/h3,6-7,10,12,14H,1-2,4-5,8-9,11H2,(H,20,25)(H,21,26)(H,22,23,24). The van der Waals surface area contributed by atoms with E-state index in [1.54, 1.807) is 24.3 Å². The molecule has 1 aromatic carbocycles. The zero-order chi connectivity index (χ0) is 18.6. The number of amides is 2. The van der Waals surface area contributed by atoms with Crippen molar-refractivity contribution < 1.29 is 9.59 Å². The molecule has 0 radical (unpaired) electrons. The first-order chi connectivity index (χ1) is 13.2. The van der Waals surface area contributed by atoms with Crippen molar-refractivity contribution in [3.8, 4) is 0 Å². The van der Waals surface area contributed by atoms with Crippen molar-refractivity contribution in [2.45, 2.75) is 55.6 Å². The molecular weight excluding hydrogens is 362 g/mol. The van der Waals surface area contributed by atoms with Crippen LogP contribution in [0.25, 0.3) is 0 Å². The highest BCUT2D eigenvalue weighted by atomic mass is 32.2. The van der Waals surface area contributed by atoms with Crippen molar-refractivity contribution in [1.29, 1.82) is 0 Å². The Morgan fingerprint density at radius 3 is 2.78 bits per heavy atom. The number of nitrogens with one attached hydrogen (secondary N) is 3. The Labute approximate surface area is 162 Å². The van der Waals surface area contributed by atoms with Gasteiger partial charge >= 0.3 is 0 Å². The van der Waals surface area contributed by atoms with E-state index in [4.69, 9.17) is 0 Å². The van der Waals surface area contributed by atoms with Gasteiger partial charge in [0.2, 0.25) is 11.1 Å². The Bertz CT molecular complexity index is 827. The molecule has 2 amide bonds. The summed E-state index contributed by atoms with van der Waals surface area (Å²) in [7, 11) is 0. The molecule has 0 atom stereocenters. The van der Waals surface area contributed by atoms with Crippen molar-refractivity contribution in [3.63, 3.8) is 0 Å². The van der Waals surface area contributed by atoms with Crippen LogP contribution in [-0.2, 0) is 4.79 Å². The van der Waals surface area contributed by atoms with Gasteiger partial charge in [-0.05, 0) is 43.9 Å². The second-order valence-electron chi connectivity index (χ2n) is 7.15. The van der Waals surface area contributed by atoms with Crippen LogP contribution in [0.1, 0.15) is 60.6 Å². The molecule has 2 aliphatic rings. The summed E-state index contributed by atoms with van der Waals surface area (Å²) in [6.07, 6.45) is 6.89. The smallest absolute Gasteiger partial charge is 0.251 e. The van der Waals surface area contributed by atoms with Gasteiger partial charge in [0.1, 0.15) is 5.82 Å². The molecular formula is C19H23N5O2S. The van der Waals surface area contributed by atoms with Crippen LogP contribution in [0.2, 0.25) is 0 Å². The van der Waals surface area contributed by atoms with Crippen LogP contribution in [0.15, 0.2) is 29.4 Å². The lowest BCUT2D eigenvalue weighted by Crippen LogP contribution is -2.25. The van der Waals surface area contributed by atoms with Gasteiger partial charge in [-0.25, -0.2) is 4.98 Å². The number of hydrogen-bond acceptors (Lipinski definition) is 5. The van der Waals surface area contributed by atoms with Gasteiger partial charge in [-0.2, -0.15) is 0 Å². The van der Waals surface area contributed by atoms with Gasteiger partial charge in [-0.15, -0.1) is 5.10 Å². The molecule has 1 aromatic heterocycles. The van der Waals surface area contributed by atoms with E-state index >= 15 is 0 Å². The molecule has 1 heterocycles. The van der Waals surface area contributed by atoms with Crippen LogP contribution in [0.4, 0.5) is 5.69 Å². The van der Waals surface area contributed by atoms with Gasteiger partial charge in [0, 0.05) is 23.2 Å². The van der Waals surface area contributed by atoms with Crippen LogP contribution in [0, 0.1) is 0 Å². The quantitative estimate of drug-likeness (QED) is 0.636. The first-order valence-corrected chi connectivity index (χ1v) is 10.4. The van der Waals surface area contributed by atoms with Crippen LogP contribution >= 0.6 is 11.8 Å². The van der Waals surface area contributed by atoms with Gasteiger partial charge in [0.15, 0.2) is 0 Å². The van der Waals surface area contributed by atoms with E-state index in [1.165, 1.54) is 24.6 Å². The SMILES string of the molecule is O=C(CSc1n[nH]c(C2CCCC2)n1)Nc1cccc(C(=O)NC2CC2)c1. The minimum Gasteiger partial charge on any atom is -0.349 e. The van der Waals surface area contributed by atoms with E-state index in [-0.39, 0.29) is 17.6 Å². The highest BCUT2D eigenvalue weighted by Gasteiger charge is 2.24. The van der Waals surface area contributed by atoms with E-state index in [1.807, 2.05) is 0 Å². The number of carbonyl (C=O) groups is 2. The normalized spacial score (nSPS) is 17.0. The molecule has 0 unspecified atom stereocenters. The molecule has 2 aliphatic carbocycles. The number of benzene rings is 1. The summed E-state index contributed by atoms with van der Waals surface area (Å²) in [6, 6.07) is 7.31. The molecule has 0 bridgehead atoms. The fourth-order valence-corrected chi connectivity index (χ4v) is 3.87. The third-order valence-electron chi connectivity index (χ3n) is 4.88. The maximum Gasteiger partial charge on any atom is 0.251 e. The summed E-state index contributed by atoms with van der Waals surface area (Å²) in [5.41, 5.74) is 1.17. The van der Waals surface area contributed by atoms with Crippen molar-refractivity contribution in [1.82, 2.24) is 20.5 Å². The zero-order valence-corrected chi connectivity index (χ0v) is 15.8. The van der Waals surface area contributed by atoms with E-state index in [0.717, 1.165) is 31.5 Å². The van der Waals surface area contributed by atoms with Crippen LogP contribution in [0.3, 0.4) is 0 Å². The summed E-state index contributed by atoms with van der Waals surface area (Å²) in [5.74, 6) is 1.39. The number of H-pyrrole nitrogens is 1. The predicted molar refractivity (Wildman–Crippen MR) is 104 cm³/mol. The maximum absolute atomic E-state index is 12.2. The minimum atomic E-state index is -0.146. The first kappa shape index (κ1) is 18.0.